The number of fused-ring (bicyclic) bond motifs is 2. The van der Waals surface area contributed by atoms with Crippen LogP contribution in [0.4, 0.5) is 5.69 Å². The summed E-state index contributed by atoms with van der Waals surface area (Å²) in [7, 11) is 1.66. The lowest BCUT2D eigenvalue weighted by Crippen LogP contribution is -2.42. The number of rotatable bonds is 3. The number of pyridine rings is 1. The Kier molecular flexibility index (Phi) is 6.00. The Morgan fingerprint density at radius 1 is 1.28 bits per heavy atom. The molecule has 29 heavy (non-hydrogen) atoms. The molecule has 1 amide bonds. The van der Waals surface area contributed by atoms with Crippen LogP contribution in [-0.2, 0) is 11.3 Å². The Labute approximate surface area is 172 Å². The van der Waals surface area contributed by atoms with E-state index in [-0.39, 0.29) is 5.91 Å². The standard InChI is InChI=1S/C23H29N3O3/c1-16-5-6-21-20(12-16)25-22(27)13-17-7-10-26(14-18(17)8-11-29-21)15-19-4-3-9-24-23(19)28-2/h3-6,9,12,17-18H,7-8,10-11,13-15H2,1-2H3,(H,25,27)/t17-,18-/m0/s1. The highest BCUT2D eigenvalue weighted by atomic mass is 16.5. The number of methoxy groups -OCH3 is 1. The average Bonchev–Trinajstić information content (AvgIpc) is 2.71. The van der Waals surface area contributed by atoms with Gasteiger partial charge in [-0.05, 0) is 61.9 Å². The molecule has 1 aromatic heterocycles. The first kappa shape index (κ1) is 19.7. The molecule has 0 bridgehead atoms. The third-order valence-corrected chi connectivity index (χ3v) is 6.02. The quantitative estimate of drug-likeness (QED) is 0.860. The monoisotopic (exact) mass is 395 g/mol. The van der Waals surface area contributed by atoms with Gasteiger partial charge < -0.3 is 14.8 Å². The third-order valence-electron chi connectivity index (χ3n) is 6.02. The van der Waals surface area contributed by atoms with Crippen LogP contribution < -0.4 is 14.8 Å². The fraction of sp³-hybridized carbons (Fsp3) is 0.478. The first-order chi connectivity index (χ1) is 14.1. The van der Waals surface area contributed by atoms with E-state index in [2.05, 4.69) is 21.3 Å². The minimum absolute atomic E-state index is 0.0831. The molecule has 1 N–H and O–H groups in total. The second kappa shape index (κ2) is 8.82. The maximum atomic E-state index is 12.7. The zero-order valence-electron chi connectivity index (χ0n) is 17.2. The maximum absolute atomic E-state index is 12.7. The van der Waals surface area contributed by atoms with Gasteiger partial charge in [-0.25, -0.2) is 4.98 Å². The van der Waals surface area contributed by atoms with Crippen LogP contribution in [0.25, 0.3) is 0 Å². The van der Waals surface area contributed by atoms with E-state index in [9.17, 15) is 4.79 Å². The van der Waals surface area contributed by atoms with Crippen LogP contribution in [0.15, 0.2) is 36.5 Å². The zero-order chi connectivity index (χ0) is 20.2. The van der Waals surface area contributed by atoms with Crippen LogP contribution in [-0.4, -0.2) is 42.6 Å². The van der Waals surface area contributed by atoms with Crippen molar-refractivity contribution in [3.63, 3.8) is 0 Å². The van der Waals surface area contributed by atoms with E-state index in [0.29, 0.717) is 30.7 Å². The lowest BCUT2D eigenvalue weighted by Gasteiger charge is -2.39. The number of ether oxygens (including phenoxy) is 2. The minimum atomic E-state index is 0.0831. The molecule has 1 aromatic carbocycles. The normalized spacial score (nSPS) is 22.6. The second-order valence-corrected chi connectivity index (χ2v) is 8.10. The van der Waals surface area contributed by atoms with Gasteiger partial charge in [0, 0.05) is 31.3 Å². The van der Waals surface area contributed by atoms with Crippen LogP contribution >= 0.6 is 0 Å². The molecule has 0 unspecified atom stereocenters. The number of carbonyl (C=O) groups is 1. The number of benzene rings is 1. The summed E-state index contributed by atoms with van der Waals surface area (Å²) in [4.78, 5) is 19.4. The van der Waals surface area contributed by atoms with Gasteiger partial charge in [-0.3, -0.25) is 9.69 Å². The van der Waals surface area contributed by atoms with Gasteiger partial charge in [0.2, 0.25) is 11.8 Å². The molecule has 2 atom stereocenters. The lowest BCUT2D eigenvalue weighted by molar-refractivity contribution is -0.118. The van der Waals surface area contributed by atoms with Gasteiger partial charge in [0.05, 0.1) is 19.4 Å². The number of hydrogen-bond donors (Lipinski definition) is 1. The predicted molar refractivity (Wildman–Crippen MR) is 112 cm³/mol. The van der Waals surface area contributed by atoms with Crippen molar-refractivity contribution < 1.29 is 14.3 Å². The molecule has 6 nitrogen and oxygen atoms in total. The molecule has 1 saturated heterocycles. The number of aromatic nitrogens is 1. The summed E-state index contributed by atoms with van der Waals surface area (Å²) in [6.45, 7) is 5.43. The molecule has 154 valence electrons. The van der Waals surface area contributed by atoms with Gasteiger partial charge >= 0.3 is 0 Å². The van der Waals surface area contributed by atoms with Crippen molar-refractivity contribution in [1.82, 2.24) is 9.88 Å². The van der Waals surface area contributed by atoms with Gasteiger partial charge in [-0.1, -0.05) is 12.1 Å². The van der Waals surface area contributed by atoms with E-state index in [1.165, 1.54) is 0 Å². The average molecular weight is 396 g/mol. The van der Waals surface area contributed by atoms with Gasteiger partial charge in [-0.2, -0.15) is 0 Å². The smallest absolute Gasteiger partial charge is 0.224 e. The summed E-state index contributed by atoms with van der Waals surface area (Å²) in [5.74, 6) is 2.35. The van der Waals surface area contributed by atoms with Crippen LogP contribution in [0.3, 0.4) is 0 Å². The number of hydrogen-bond acceptors (Lipinski definition) is 5. The Morgan fingerprint density at radius 2 is 2.17 bits per heavy atom. The van der Waals surface area contributed by atoms with Gasteiger partial charge in [0.15, 0.2) is 0 Å². The molecular weight excluding hydrogens is 366 g/mol. The molecular formula is C23H29N3O3. The summed E-state index contributed by atoms with van der Waals surface area (Å²) in [5, 5.41) is 3.07. The fourth-order valence-corrected chi connectivity index (χ4v) is 4.49. The number of anilines is 1. The summed E-state index contributed by atoms with van der Waals surface area (Å²) >= 11 is 0. The van der Waals surface area contributed by atoms with Crippen molar-refractivity contribution >= 4 is 11.6 Å². The van der Waals surface area contributed by atoms with Crippen molar-refractivity contribution in [2.24, 2.45) is 11.8 Å². The van der Waals surface area contributed by atoms with E-state index in [4.69, 9.17) is 9.47 Å². The Hall–Kier alpha value is -2.60. The SMILES string of the molecule is COc1ncccc1CN1CC[C@H]2CC(=O)Nc3cc(C)ccc3OCC[C@H]2C1. The molecule has 0 radical (unpaired) electrons. The maximum Gasteiger partial charge on any atom is 0.224 e. The lowest BCUT2D eigenvalue weighted by atomic mass is 9.81. The van der Waals surface area contributed by atoms with Gasteiger partial charge in [0.25, 0.3) is 0 Å². The van der Waals surface area contributed by atoms with Crippen LogP contribution in [0.2, 0.25) is 0 Å². The number of piperidine rings is 1. The Bertz CT molecular complexity index is 870. The molecule has 0 aliphatic carbocycles. The number of amides is 1. The molecule has 4 rings (SSSR count). The molecule has 0 saturated carbocycles. The number of aryl methyl sites for hydroxylation is 1. The molecule has 0 spiro atoms. The van der Waals surface area contributed by atoms with Crippen molar-refractivity contribution in [2.75, 3.05) is 32.1 Å². The predicted octanol–water partition coefficient (Wildman–Crippen LogP) is 3.65. The van der Waals surface area contributed by atoms with Crippen molar-refractivity contribution in [1.29, 1.82) is 0 Å². The van der Waals surface area contributed by atoms with Gasteiger partial charge in [0.1, 0.15) is 5.75 Å². The minimum Gasteiger partial charge on any atom is -0.491 e. The number of likely N-dealkylation sites (tertiary alicyclic amines) is 1. The number of nitrogens with zero attached hydrogens (tertiary/aromatic N) is 2. The second-order valence-electron chi connectivity index (χ2n) is 8.10. The molecule has 6 heteroatoms. The summed E-state index contributed by atoms with van der Waals surface area (Å²) in [6, 6.07) is 9.97. The van der Waals surface area contributed by atoms with Crippen LogP contribution in [0.5, 0.6) is 11.6 Å². The molecule has 2 aliphatic rings. The largest absolute Gasteiger partial charge is 0.491 e. The first-order valence-corrected chi connectivity index (χ1v) is 10.4. The topological polar surface area (TPSA) is 63.7 Å². The van der Waals surface area contributed by atoms with E-state index >= 15 is 0 Å². The van der Waals surface area contributed by atoms with Crippen LogP contribution in [0, 0.1) is 18.8 Å². The highest BCUT2D eigenvalue weighted by Crippen LogP contribution is 2.34. The fourth-order valence-electron chi connectivity index (χ4n) is 4.49. The Morgan fingerprint density at radius 3 is 3.03 bits per heavy atom. The van der Waals surface area contributed by atoms with E-state index < -0.39 is 0 Å². The van der Waals surface area contributed by atoms with E-state index in [1.807, 2.05) is 31.2 Å². The highest BCUT2D eigenvalue weighted by Gasteiger charge is 2.32. The summed E-state index contributed by atoms with van der Waals surface area (Å²) in [5.41, 5.74) is 3.00. The first-order valence-electron chi connectivity index (χ1n) is 10.4. The van der Waals surface area contributed by atoms with E-state index in [0.717, 1.165) is 55.0 Å². The van der Waals surface area contributed by atoms with Crippen molar-refractivity contribution in [2.45, 2.75) is 32.7 Å². The molecule has 3 heterocycles. The molecule has 2 aliphatic heterocycles. The highest BCUT2D eigenvalue weighted by molar-refractivity contribution is 5.92. The van der Waals surface area contributed by atoms with Crippen molar-refractivity contribution in [3.8, 4) is 11.6 Å². The van der Waals surface area contributed by atoms with Crippen molar-refractivity contribution in [3.05, 3.63) is 47.7 Å². The number of nitrogens with one attached hydrogen (secondary N) is 1. The molecule has 1 fully saturated rings. The zero-order valence-corrected chi connectivity index (χ0v) is 17.2. The number of carbonyl (C=O) groups excluding carboxylic acids is 1. The van der Waals surface area contributed by atoms with Gasteiger partial charge in [-0.15, -0.1) is 0 Å². The van der Waals surface area contributed by atoms with Crippen LogP contribution in [0.1, 0.15) is 30.4 Å². The summed E-state index contributed by atoms with van der Waals surface area (Å²) < 4.78 is 11.4. The van der Waals surface area contributed by atoms with E-state index in [1.54, 1.807) is 13.3 Å². The summed E-state index contributed by atoms with van der Waals surface area (Å²) in [6.07, 6.45) is 4.29. The third kappa shape index (κ3) is 4.70. The molecule has 2 aromatic rings. The Balaban J connectivity index is 1.46.